The highest BCUT2D eigenvalue weighted by Crippen LogP contribution is 2.34. The van der Waals surface area contributed by atoms with Crippen molar-refractivity contribution in [2.45, 2.75) is 123 Å². The van der Waals surface area contributed by atoms with E-state index in [0.717, 1.165) is 0 Å². The van der Waals surface area contributed by atoms with Gasteiger partial charge in [0.25, 0.3) is 0 Å². The van der Waals surface area contributed by atoms with E-state index >= 15 is 0 Å². The molecule has 0 amide bonds. The van der Waals surface area contributed by atoms with Gasteiger partial charge in [-0.2, -0.15) is 0 Å². The van der Waals surface area contributed by atoms with Crippen LogP contribution in [-0.4, -0.2) is 241 Å². The largest absolute Gasteiger partial charge is 0.376 e. The van der Waals surface area contributed by atoms with E-state index in [4.69, 9.17) is 99.5 Å². The molecule has 20 atom stereocenters. The average molecular weight is 847 g/mol. The van der Waals surface area contributed by atoms with E-state index < -0.39 is 117 Å². The molecule has 340 valence electrons. The molecule has 0 N–H and O–H groups in total. The maximum Gasteiger partial charge on any atom is 0.187 e. The molecule has 0 aliphatic carbocycles. The predicted molar refractivity (Wildman–Crippen MR) is 194 cm³/mol. The minimum absolute atomic E-state index is 0.0509. The molecule has 5 fully saturated rings. The quantitative estimate of drug-likeness (QED) is 0.147. The Labute approximate surface area is 340 Å². The van der Waals surface area contributed by atoms with E-state index in [1.807, 2.05) is 0 Å². The zero-order valence-corrected chi connectivity index (χ0v) is 35.7. The minimum atomic E-state index is -0.915. The summed E-state index contributed by atoms with van der Waals surface area (Å²) in [4.78, 5) is 0. The molecular formula is C37H66O21. The maximum atomic E-state index is 6.51. The molecule has 21 nitrogen and oxygen atoms in total. The maximum absolute atomic E-state index is 6.51. The molecule has 58 heavy (non-hydrogen) atoms. The van der Waals surface area contributed by atoms with Gasteiger partial charge in [-0.05, 0) is 0 Å². The Morgan fingerprint density at radius 3 is 0.655 bits per heavy atom. The first kappa shape index (κ1) is 48.2. The van der Waals surface area contributed by atoms with E-state index in [9.17, 15) is 0 Å². The van der Waals surface area contributed by atoms with E-state index in [0.29, 0.717) is 0 Å². The van der Waals surface area contributed by atoms with Crippen LogP contribution in [0.3, 0.4) is 0 Å². The van der Waals surface area contributed by atoms with Crippen molar-refractivity contribution in [3.63, 3.8) is 0 Å². The van der Waals surface area contributed by atoms with Gasteiger partial charge >= 0.3 is 0 Å². The van der Waals surface area contributed by atoms with Gasteiger partial charge in [-0.25, -0.2) is 0 Å². The van der Waals surface area contributed by atoms with Crippen LogP contribution >= 0.6 is 0 Å². The highest BCUT2D eigenvalue weighted by Gasteiger charge is 2.53. The lowest BCUT2D eigenvalue weighted by molar-refractivity contribution is -0.369. The molecule has 0 bridgehead atoms. The van der Waals surface area contributed by atoms with Gasteiger partial charge in [-0.1, -0.05) is 0 Å². The Morgan fingerprint density at radius 2 is 0.431 bits per heavy atom. The topological polar surface area (TPSA) is 194 Å². The Balaban J connectivity index is 1.20. The Bertz CT molecular complexity index is 1070. The summed E-state index contributed by atoms with van der Waals surface area (Å²) in [5.41, 5.74) is 0. The number of methoxy groups -OCH3 is 12. The van der Waals surface area contributed by atoms with Crippen LogP contribution in [-0.2, 0) is 99.5 Å². The summed E-state index contributed by atoms with van der Waals surface area (Å²) in [7, 11) is 18.7. The highest BCUT2D eigenvalue weighted by molar-refractivity contribution is 4.95. The van der Waals surface area contributed by atoms with Gasteiger partial charge in [0.2, 0.25) is 0 Å². The highest BCUT2D eigenvalue weighted by atomic mass is 16.8. The number of hydrogen-bond acceptors (Lipinski definition) is 21. The molecule has 5 aliphatic rings. The van der Waals surface area contributed by atoms with Crippen LogP contribution in [0.5, 0.6) is 0 Å². The van der Waals surface area contributed by atoms with Crippen molar-refractivity contribution in [2.24, 2.45) is 0 Å². The zero-order valence-electron chi connectivity index (χ0n) is 35.7. The second-order valence-electron chi connectivity index (χ2n) is 14.2. The van der Waals surface area contributed by atoms with Crippen molar-refractivity contribution in [2.75, 3.05) is 118 Å². The van der Waals surface area contributed by atoms with Crippen LogP contribution in [0.4, 0.5) is 0 Å². The van der Waals surface area contributed by atoms with Gasteiger partial charge in [-0.15, -0.1) is 0 Å². The molecule has 21 heteroatoms. The fraction of sp³-hybridized carbons (Fsp3) is 1.00. The van der Waals surface area contributed by atoms with Crippen molar-refractivity contribution >= 4 is 0 Å². The van der Waals surface area contributed by atoms with Crippen molar-refractivity contribution in [3.8, 4) is 0 Å². The van der Waals surface area contributed by atoms with E-state index in [2.05, 4.69) is 0 Å². The van der Waals surface area contributed by atoms with Gasteiger partial charge in [-0.3, -0.25) is 0 Å². The fourth-order valence-electron chi connectivity index (χ4n) is 8.41. The van der Waals surface area contributed by atoms with Gasteiger partial charge in [0.05, 0.1) is 33.0 Å². The molecule has 0 aromatic carbocycles. The Kier molecular flexibility index (Phi) is 19.6. The first-order valence-electron chi connectivity index (χ1n) is 19.3. The standard InChI is InChI=1S/C37H66O21/c1-38-18-13-51-34(29(45-8)23(18)39-2)56-20-15-53-36(31(47-10)25(20)41-4)58-22-17-54-37(32(48-11)27(22)43-6)57-21-16-52-35(30(46-9)26(21)42-5)55-19-14-50-33(49-12)28(44-7)24(19)40-3/h18-37H,13-17H2,1-12H3/t18-,19-,20-,21-,22-,23+,24+,25+,26+,27+,28-,29-,30-,31-,32-,33-,34+,35+,36+,37+/m1/s1. The summed E-state index contributed by atoms with van der Waals surface area (Å²) < 4.78 is 125. The van der Waals surface area contributed by atoms with E-state index in [-0.39, 0.29) is 39.1 Å². The summed E-state index contributed by atoms with van der Waals surface area (Å²) >= 11 is 0. The van der Waals surface area contributed by atoms with Crippen molar-refractivity contribution < 1.29 is 99.5 Å². The van der Waals surface area contributed by atoms with Crippen LogP contribution in [0.1, 0.15) is 0 Å². The molecule has 0 unspecified atom stereocenters. The van der Waals surface area contributed by atoms with Crippen LogP contribution < -0.4 is 0 Å². The molecule has 5 aliphatic heterocycles. The molecule has 5 rings (SSSR count). The third-order valence-electron chi connectivity index (χ3n) is 11.4. The van der Waals surface area contributed by atoms with Gasteiger partial charge in [0.15, 0.2) is 31.5 Å². The third kappa shape index (κ3) is 10.5. The Morgan fingerprint density at radius 1 is 0.224 bits per heavy atom. The second-order valence-corrected chi connectivity index (χ2v) is 14.2. The first-order chi connectivity index (χ1) is 28.2. The fourth-order valence-corrected chi connectivity index (χ4v) is 8.41. The lowest BCUT2D eigenvalue weighted by atomic mass is 10.0. The first-order valence-corrected chi connectivity index (χ1v) is 19.3. The molecular weight excluding hydrogens is 780 g/mol. The number of hydrogen-bond donors (Lipinski definition) is 0. The van der Waals surface area contributed by atoms with Crippen molar-refractivity contribution in [1.82, 2.24) is 0 Å². The average Bonchev–Trinajstić information content (AvgIpc) is 3.26. The number of ether oxygens (including phenoxy) is 21. The van der Waals surface area contributed by atoms with E-state index in [1.165, 1.54) is 28.4 Å². The molecule has 0 aromatic rings. The second kappa shape index (κ2) is 23.6. The predicted octanol–water partition coefficient (Wildman–Crippen LogP) is -0.880. The van der Waals surface area contributed by atoms with Gasteiger partial charge < -0.3 is 99.5 Å². The summed E-state index contributed by atoms with van der Waals surface area (Å²) in [6.45, 7) is 0.621. The summed E-state index contributed by atoms with van der Waals surface area (Å²) in [5, 5.41) is 0. The molecule has 0 radical (unpaired) electrons. The normalized spacial score (nSPS) is 45.3. The molecule has 5 heterocycles. The third-order valence-corrected chi connectivity index (χ3v) is 11.4. The monoisotopic (exact) mass is 846 g/mol. The van der Waals surface area contributed by atoms with Crippen molar-refractivity contribution in [1.29, 1.82) is 0 Å². The zero-order chi connectivity index (χ0) is 41.9. The minimum Gasteiger partial charge on any atom is -0.376 e. The molecule has 0 spiro atoms. The van der Waals surface area contributed by atoms with Crippen LogP contribution in [0.25, 0.3) is 0 Å². The lowest BCUT2D eigenvalue weighted by Gasteiger charge is -2.48. The van der Waals surface area contributed by atoms with Crippen LogP contribution in [0, 0.1) is 0 Å². The summed E-state index contributed by atoms with van der Waals surface area (Å²) in [5.74, 6) is 0. The Hall–Kier alpha value is -0.840. The smallest absolute Gasteiger partial charge is 0.187 e. The van der Waals surface area contributed by atoms with Crippen molar-refractivity contribution in [3.05, 3.63) is 0 Å². The van der Waals surface area contributed by atoms with Gasteiger partial charge in [0.1, 0.15) is 91.6 Å². The van der Waals surface area contributed by atoms with Gasteiger partial charge in [0, 0.05) is 85.3 Å². The van der Waals surface area contributed by atoms with Crippen LogP contribution in [0.2, 0.25) is 0 Å². The van der Waals surface area contributed by atoms with Crippen LogP contribution in [0.15, 0.2) is 0 Å². The summed E-state index contributed by atoms with van der Waals surface area (Å²) in [6.07, 6.45) is -13.1. The molecule has 0 saturated carbocycles. The summed E-state index contributed by atoms with van der Waals surface area (Å²) in [6, 6.07) is 0. The lowest BCUT2D eigenvalue weighted by Crippen LogP contribution is -2.64. The number of rotatable bonds is 20. The molecule has 0 aromatic heterocycles. The molecule has 5 saturated heterocycles. The SMILES string of the molecule is CO[C@@H]1OC[C@@H](O[C@@H]2OC[C@@H](O[C@@H]3OC[C@@H](O[C@@H]4OC[C@@H](O[C@@H]5OC[C@@H](OC)[C@H](OC)[C@H]5OC)[C@H](OC)[C@H]4OC)[C@H](OC)[C@H]3OC)[C@H](OC)[C@H]2OC)[C@H](OC)[C@H]1OC. The van der Waals surface area contributed by atoms with E-state index in [1.54, 1.807) is 56.9 Å².